The first-order valence-electron chi connectivity index (χ1n) is 20.7. The van der Waals surface area contributed by atoms with Crippen molar-refractivity contribution in [3.05, 3.63) is 117 Å². The molecular weight excluding hydrogens is 886 g/mol. The summed E-state index contributed by atoms with van der Waals surface area (Å²) in [6, 6.07) is 24.0. The SMILES string of the molecule is [2H]C1([2H])c2cc(C)c(C)cc2[C@@]2(C)N=C(c3[c-]c(Oc4[c-]c5c(cc4C)c4cc(C(C)(C)C)cc6c4n5-c4ncc(C)cc4O6)cc(C(C)(C)C)c3)O[C@@]12C(C)(C)C.[Pt+2]. The first-order chi connectivity index (χ1) is 26.9. The van der Waals surface area contributed by atoms with Crippen molar-refractivity contribution in [2.24, 2.45) is 10.4 Å². The summed E-state index contributed by atoms with van der Waals surface area (Å²) < 4.78 is 42.2. The van der Waals surface area contributed by atoms with E-state index in [2.05, 4.69) is 116 Å². The third-order valence-electron chi connectivity index (χ3n) is 12.2. The molecule has 0 saturated heterocycles. The Morgan fingerprint density at radius 2 is 1.47 bits per heavy atom. The van der Waals surface area contributed by atoms with Crippen LogP contribution in [0.2, 0.25) is 0 Å². The van der Waals surface area contributed by atoms with Crippen LogP contribution in [0.5, 0.6) is 23.0 Å². The van der Waals surface area contributed by atoms with Crippen LogP contribution in [0, 0.1) is 45.2 Å². The van der Waals surface area contributed by atoms with Crippen LogP contribution in [0.1, 0.15) is 122 Å². The molecule has 2 aromatic heterocycles. The van der Waals surface area contributed by atoms with Crippen molar-refractivity contribution in [2.75, 3.05) is 0 Å². The van der Waals surface area contributed by atoms with Crippen LogP contribution >= 0.6 is 0 Å². The Labute approximate surface area is 355 Å². The van der Waals surface area contributed by atoms with E-state index in [1.807, 2.05) is 52.1 Å². The van der Waals surface area contributed by atoms with Crippen molar-refractivity contribution in [3.8, 4) is 28.8 Å². The van der Waals surface area contributed by atoms with Crippen molar-refractivity contribution >= 4 is 27.7 Å². The summed E-state index contributed by atoms with van der Waals surface area (Å²) >= 11 is 0. The van der Waals surface area contributed by atoms with E-state index in [1.54, 1.807) is 0 Å². The van der Waals surface area contributed by atoms with Crippen LogP contribution in [0.3, 0.4) is 0 Å². The molecule has 7 heteroatoms. The zero-order chi connectivity index (χ0) is 41.9. The fraction of sp³-hybridized carbons (Fsp3) is 0.400. The maximum Gasteiger partial charge on any atom is 2.00 e. The van der Waals surface area contributed by atoms with Gasteiger partial charge in [0.2, 0.25) is 0 Å². The maximum absolute atomic E-state index is 9.77. The molecule has 4 aromatic carbocycles. The van der Waals surface area contributed by atoms with Gasteiger partial charge in [-0.3, -0.25) is 4.99 Å². The second kappa shape index (κ2) is 12.5. The number of aliphatic imine (C=N–C) groups is 1. The van der Waals surface area contributed by atoms with Crippen molar-refractivity contribution < 1.29 is 38.0 Å². The van der Waals surface area contributed by atoms with E-state index in [0.717, 1.165) is 60.9 Å². The molecule has 1 aliphatic carbocycles. The largest absolute Gasteiger partial charge is 2.00 e. The smallest absolute Gasteiger partial charge is 0.510 e. The Bertz CT molecular complexity index is 2820. The van der Waals surface area contributed by atoms with Crippen molar-refractivity contribution in [2.45, 2.75) is 125 Å². The first kappa shape index (κ1) is 36.9. The number of aryl methyl sites for hydroxylation is 4. The minimum Gasteiger partial charge on any atom is -0.510 e. The van der Waals surface area contributed by atoms with Gasteiger partial charge < -0.3 is 18.8 Å². The Morgan fingerprint density at radius 3 is 2.16 bits per heavy atom. The van der Waals surface area contributed by atoms with Gasteiger partial charge >= 0.3 is 21.1 Å². The average molecular weight is 941 g/mol. The molecule has 0 spiro atoms. The predicted octanol–water partition coefficient (Wildman–Crippen LogP) is 12.5. The van der Waals surface area contributed by atoms with Crippen LogP contribution in [0.4, 0.5) is 0 Å². The van der Waals surface area contributed by atoms with E-state index >= 15 is 0 Å². The van der Waals surface area contributed by atoms with Crippen LogP contribution in [0.15, 0.2) is 59.7 Å². The minimum atomic E-state index is -1.84. The summed E-state index contributed by atoms with van der Waals surface area (Å²) in [7, 11) is 0. The Hall–Kier alpha value is -4.41. The molecule has 0 amide bonds. The van der Waals surface area contributed by atoms with Gasteiger partial charge in [-0.05, 0) is 89.4 Å². The molecule has 0 saturated carbocycles. The molecule has 4 heterocycles. The molecule has 57 heavy (non-hydrogen) atoms. The topological polar surface area (TPSA) is 57.9 Å². The summed E-state index contributed by atoms with van der Waals surface area (Å²) in [4.78, 5) is 10.2. The molecule has 0 radical (unpaired) electrons. The van der Waals surface area contributed by atoms with E-state index in [1.165, 1.54) is 5.56 Å². The number of nitrogens with zero attached hydrogens (tertiary/aromatic N) is 3. The van der Waals surface area contributed by atoms with Gasteiger partial charge in [-0.15, -0.1) is 28.6 Å². The van der Waals surface area contributed by atoms with E-state index < -0.39 is 22.9 Å². The van der Waals surface area contributed by atoms with Gasteiger partial charge in [-0.25, -0.2) is 4.98 Å². The Kier molecular flexibility index (Phi) is 8.12. The van der Waals surface area contributed by atoms with E-state index in [4.69, 9.17) is 24.2 Å². The molecule has 0 N–H and O–H groups in total. The molecule has 0 unspecified atom stereocenters. The Balaban J connectivity index is 0.00000484. The standard InChI is InChI=1S/C50H53N3O3.Pt/c1-27-15-42-44(51-26-27)53-39-24-40(30(4)17-36(39)37-22-34(47(8,9)10)23-41(55-42)43(37)53)54-35-20-31(19-33(21-35)46(5,6)7)45-52-49(14)38-18-29(3)28(2)16-32(38)25-50(49,56-45)48(11,12)13;/h15-19,21-23,26H,25H2,1-14H3;/q-2;+2/t49-,50-;/m1./s1/i25D2;. The maximum atomic E-state index is 9.77. The van der Waals surface area contributed by atoms with Gasteiger partial charge in [0.05, 0.1) is 5.52 Å². The van der Waals surface area contributed by atoms with E-state index in [-0.39, 0.29) is 31.9 Å². The molecule has 2 aliphatic heterocycles. The number of aromatic nitrogens is 2. The number of hydrogen-bond acceptors (Lipinski definition) is 5. The summed E-state index contributed by atoms with van der Waals surface area (Å²) in [5.41, 5.74) is 6.87. The fourth-order valence-electron chi connectivity index (χ4n) is 8.79. The van der Waals surface area contributed by atoms with Crippen LogP contribution in [-0.4, -0.2) is 21.0 Å². The molecular formula is C50H53N3O3Pt. The molecule has 9 rings (SSSR count). The number of fused-ring (bicyclic) bond motifs is 8. The minimum absolute atomic E-state index is 0. The Morgan fingerprint density at radius 1 is 0.789 bits per heavy atom. The summed E-state index contributed by atoms with van der Waals surface area (Å²) in [6.07, 6.45) is 0.0280. The molecule has 2 atom stereocenters. The van der Waals surface area contributed by atoms with E-state index in [9.17, 15) is 2.74 Å². The zero-order valence-electron chi connectivity index (χ0n) is 37.6. The predicted molar refractivity (Wildman–Crippen MR) is 226 cm³/mol. The normalized spacial score (nSPS) is 21.1. The molecule has 6 aromatic rings. The molecule has 0 bridgehead atoms. The second-order valence-electron chi connectivity index (χ2n) is 19.6. The summed E-state index contributed by atoms with van der Waals surface area (Å²) in [6.45, 7) is 29.5. The van der Waals surface area contributed by atoms with Gasteiger partial charge in [0.25, 0.3) is 0 Å². The van der Waals surface area contributed by atoms with Gasteiger partial charge in [0.15, 0.2) is 17.3 Å². The molecule has 0 fully saturated rings. The third kappa shape index (κ3) is 5.82. The van der Waals surface area contributed by atoms with E-state index in [0.29, 0.717) is 40.1 Å². The number of hydrogen-bond donors (Lipinski definition) is 0. The summed E-state index contributed by atoms with van der Waals surface area (Å²) in [5, 5.41) is 2.12. The number of benzene rings is 4. The second-order valence-corrected chi connectivity index (χ2v) is 19.6. The van der Waals surface area contributed by atoms with Crippen molar-refractivity contribution in [1.82, 2.24) is 9.55 Å². The number of rotatable bonds is 3. The number of pyridine rings is 1. The van der Waals surface area contributed by atoms with Gasteiger partial charge in [0, 0.05) is 32.2 Å². The van der Waals surface area contributed by atoms with Crippen molar-refractivity contribution in [3.63, 3.8) is 0 Å². The van der Waals surface area contributed by atoms with Crippen LogP contribution in [0.25, 0.3) is 27.6 Å². The summed E-state index contributed by atoms with van der Waals surface area (Å²) in [5.74, 6) is 3.64. The fourth-order valence-corrected chi connectivity index (χ4v) is 8.79. The van der Waals surface area contributed by atoms with Crippen LogP contribution in [-0.2, 0) is 48.5 Å². The number of ether oxygens (including phenoxy) is 3. The van der Waals surface area contributed by atoms with Gasteiger partial charge in [0.1, 0.15) is 17.0 Å². The first-order valence-corrected chi connectivity index (χ1v) is 19.7. The molecule has 3 aliphatic rings. The quantitative estimate of drug-likeness (QED) is 0.166. The van der Waals surface area contributed by atoms with Gasteiger partial charge in [-0.2, -0.15) is 6.07 Å². The van der Waals surface area contributed by atoms with Crippen molar-refractivity contribution in [1.29, 1.82) is 0 Å². The van der Waals surface area contributed by atoms with Gasteiger partial charge in [-0.1, -0.05) is 111 Å². The molecule has 6 nitrogen and oxygen atoms in total. The third-order valence-corrected chi connectivity index (χ3v) is 12.2. The van der Waals surface area contributed by atoms with Crippen LogP contribution < -0.4 is 9.47 Å². The monoisotopic (exact) mass is 940 g/mol. The zero-order valence-corrected chi connectivity index (χ0v) is 37.9. The molecule has 296 valence electrons. The average Bonchev–Trinajstić information content (AvgIpc) is 3.66.